The molecule has 3 nitrogen and oxygen atoms in total. The molecule has 2 rings (SSSR count). The van der Waals surface area contributed by atoms with E-state index < -0.39 is 0 Å². The summed E-state index contributed by atoms with van der Waals surface area (Å²) in [5.41, 5.74) is 0.915. The van der Waals surface area contributed by atoms with Crippen molar-refractivity contribution in [3.05, 3.63) is 15.6 Å². The standard InChI is InChI=1S/C14H22N2OS/c1-10-13(11(2)17)18-14(15-10)12-6-4-5-8-16(3)9-7-12/h12H,4-9H2,1-3H3. The number of thiazole rings is 1. The molecule has 0 radical (unpaired) electrons. The molecule has 1 atom stereocenters. The summed E-state index contributed by atoms with van der Waals surface area (Å²) in [5, 5.41) is 1.17. The molecule has 0 aliphatic carbocycles. The zero-order valence-electron chi connectivity index (χ0n) is 11.5. The molecule has 1 aromatic heterocycles. The predicted molar refractivity (Wildman–Crippen MR) is 75.6 cm³/mol. The van der Waals surface area contributed by atoms with Crippen LogP contribution in [0.2, 0.25) is 0 Å². The van der Waals surface area contributed by atoms with E-state index in [4.69, 9.17) is 0 Å². The summed E-state index contributed by atoms with van der Waals surface area (Å²) < 4.78 is 0. The Balaban J connectivity index is 2.13. The molecule has 0 aromatic carbocycles. The maximum atomic E-state index is 11.5. The van der Waals surface area contributed by atoms with Gasteiger partial charge < -0.3 is 4.90 Å². The van der Waals surface area contributed by atoms with Gasteiger partial charge in [-0.15, -0.1) is 11.3 Å². The molecule has 1 aliphatic rings. The average Bonchev–Trinajstić information content (AvgIpc) is 2.66. The van der Waals surface area contributed by atoms with Crippen LogP contribution in [-0.2, 0) is 0 Å². The number of aromatic nitrogens is 1. The molecule has 4 heteroatoms. The number of ketones is 1. The Labute approximate surface area is 113 Å². The lowest BCUT2D eigenvalue weighted by Crippen LogP contribution is -2.24. The molecular formula is C14H22N2OS. The van der Waals surface area contributed by atoms with Crippen LogP contribution < -0.4 is 0 Å². The van der Waals surface area contributed by atoms with Gasteiger partial charge in [-0.25, -0.2) is 4.98 Å². The highest BCUT2D eigenvalue weighted by molar-refractivity contribution is 7.13. The van der Waals surface area contributed by atoms with Crippen LogP contribution in [0.25, 0.3) is 0 Å². The molecular weight excluding hydrogens is 244 g/mol. The Kier molecular flexibility index (Phi) is 4.51. The lowest BCUT2D eigenvalue weighted by molar-refractivity contribution is 0.102. The molecule has 1 unspecified atom stereocenters. The second-order valence-electron chi connectivity index (χ2n) is 5.31. The first kappa shape index (κ1) is 13.7. The molecule has 1 fully saturated rings. The van der Waals surface area contributed by atoms with Crippen LogP contribution in [-0.4, -0.2) is 35.8 Å². The number of hydrogen-bond donors (Lipinski definition) is 0. The van der Waals surface area contributed by atoms with E-state index >= 15 is 0 Å². The van der Waals surface area contributed by atoms with Crippen LogP contribution in [0.4, 0.5) is 0 Å². The Morgan fingerprint density at radius 3 is 2.78 bits per heavy atom. The number of carbonyl (C=O) groups is 1. The summed E-state index contributed by atoms with van der Waals surface area (Å²) in [5.74, 6) is 0.698. The fourth-order valence-corrected chi connectivity index (χ4v) is 3.70. The van der Waals surface area contributed by atoms with Gasteiger partial charge in [-0.1, -0.05) is 6.42 Å². The molecule has 0 saturated carbocycles. The SMILES string of the molecule is CC(=O)c1sc(C2CCCCN(C)CC2)nc1C. The van der Waals surface area contributed by atoms with Crippen LogP contribution in [0.5, 0.6) is 0 Å². The van der Waals surface area contributed by atoms with Crippen molar-refractivity contribution in [1.29, 1.82) is 0 Å². The highest BCUT2D eigenvalue weighted by Crippen LogP contribution is 2.32. The number of Topliss-reactive ketones (excluding diaryl/α,β-unsaturated/α-hetero) is 1. The van der Waals surface area contributed by atoms with Crippen molar-refractivity contribution in [2.24, 2.45) is 0 Å². The number of aryl methyl sites for hydroxylation is 1. The lowest BCUT2D eigenvalue weighted by atomic mass is 9.97. The van der Waals surface area contributed by atoms with Gasteiger partial charge in [0, 0.05) is 12.8 Å². The van der Waals surface area contributed by atoms with Crippen molar-refractivity contribution >= 4 is 17.1 Å². The third-order valence-corrected chi connectivity index (χ3v) is 5.10. The molecule has 0 spiro atoms. The normalized spacial score (nSPS) is 22.5. The predicted octanol–water partition coefficient (Wildman–Crippen LogP) is 3.24. The molecule has 0 amide bonds. The summed E-state index contributed by atoms with van der Waals surface area (Å²) in [6.07, 6.45) is 4.93. The number of likely N-dealkylation sites (tertiary alicyclic amines) is 1. The second kappa shape index (κ2) is 5.93. The molecule has 0 N–H and O–H groups in total. The number of hydrogen-bond acceptors (Lipinski definition) is 4. The van der Waals surface area contributed by atoms with Gasteiger partial charge in [-0.05, 0) is 46.3 Å². The third-order valence-electron chi connectivity index (χ3n) is 3.68. The van der Waals surface area contributed by atoms with E-state index in [1.807, 2.05) is 6.92 Å². The third kappa shape index (κ3) is 3.18. The summed E-state index contributed by atoms with van der Waals surface area (Å²) in [6, 6.07) is 0. The van der Waals surface area contributed by atoms with E-state index in [-0.39, 0.29) is 5.78 Å². The van der Waals surface area contributed by atoms with E-state index in [1.54, 1.807) is 18.3 Å². The van der Waals surface area contributed by atoms with Gasteiger partial charge in [0.15, 0.2) is 5.78 Å². The van der Waals surface area contributed by atoms with Gasteiger partial charge in [-0.3, -0.25) is 4.79 Å². The number of carbonyl (C=O) groups excluding carboxylic acids is 1. The fourth-order valence-electron chi connectivity index (χ4n) is 2.57. The van der Waals surface area contributed by atoms with E-state index in [0.717, 1.165) is 17.1 Å². The van der Waals surface area contributed by atoms with Gasteiger partial charge in [0.05, 0.1) is 15.6 Å². The van der Waals surface area contributed by atoms with Crippen molar-refractivity contribution in [3.63, 3.8) is 0 Å². The molecule has 1 aromatic rings. The van der Waals surface area contributed by atoms with Crippen LogP contribution in [0.15, 0.2) is 0 Å². The molecule has 0 bridgehead atoms. The summed E-state index contributed by atoms with van der Waals surface area (Å²) in [4.78, 5) is 19.4. The van der Waals surface area contributed by atoms with Gasteiger partial charge in [0.2, 0.25) is 0 Å². The second-order valence-corrected chi connectivity index (χ2v) is 6.34. The van der Waals surface area contributed by atoms with Crippen molar-refractivity contribution in [2.75, 3.05) is 20.1 Å². The molecule has 2 heterocycles. The lowest BCUT2D eigenvalue weighted by Gasteiger charge is -2.24. The van der Waals surface area contributed by atoms with E-state index in [1.165, 1.54) is 37.2 Å². The van der Waals surface area contributed by atoms with Crippen molar-refractivity contribution in [1.82, 2.24) is 9.88 Å². The molecule has 1 saturated heterocycles. The molecule has 1 aliphatic heterocycles. The van der Waals surface area contributed by atoms with Gasteiger partial charge in [-0.2, -0.15) is 0 Å². The van der Waals surface area contributed by atoms with E-state index in [2.05, 4.69) is 16.9 Å². The quantitative estimate of drug-likeness (QED) is 0.770. The first-order valence-electron chi connectivity index (χ1n) is 6.74. The van der Waals surface area contributed by atoms with Crippen molar-refractivity contribution in [2.45, 2.75) is 45.4 Å². The Morgan fingerprint density at radius 1 is 1.33 bits per heavy atom. The fraction of sp³-hybridized carbons (Fsp3) is 0.714. The first-order valence-corrected chi connectivity index (χ1v) is 7.56. The zero-order valence-corrected chi connectivity index (χ0v) is 12.3. The maximum absolute atomic E-state index is 11.5. The van der Waals surface area contributed by atoms with E-state index in [0.29, 0.717) is 5.92 Å². The summed E-state index contributed by atoms with van der Waals surface area (Å²) in [7, 11) is 2.19. The van der Waals surface area contributed by atoms with Gasteiger partial charge in [0.25, 0.3) is 0 Å². The topological polar surface area (TPSA) is 33.2 Å². The van der Waals surface area contributed by atoms with Gasteiger partial charge in [0.1, 0.15) is 0 Å². The minimum absolute atomic E-state index is 0.152. The monoisotopic (exact) mass is 266 g/mol. The van der Waals surface area contributed by atoms with E-state index in [9.17, 15) is 4.79 Å². The maximum Gasteiger partial charge on any atom is 0.171 e. The van der Waals surface area contributed by atoms with Crippen LogP contribution in [0, 0.1) is 6.92 Å². The van der Waals surface area contributed by atoms with Crippen molar-refractivity contribution < 1.29 is 4.79 Å². The van der Waals surface area contributed by atoms with Gasteiger partial charge >= 0.3 is 0 Å². The Bertz CT molecular complexity index is 427. The zero-order chi connectivity index (χ0) is 13.1. The minimum Gasteiger partial charge on any atom is -0.306 e. The average molecular weight is 266 g/mol. The Morgan fingerprint density at radius 2 is 2.11 bits per heavy atom. The summed E-state index contributed by atoms with van der Waals surface area (Å²) >= 11 is 1.61. The smallest absolute Gasteiger partial charge is 0.171 e. The summed E-state index contributed by atoms with van der Waals surface area (Å²) in [6.45, 7) is 5.93. The van der Waals surface area contributed by atoms with Crippen LogP contribution in [0.3, 0.4) is 0 Å². The molecule has 18 heavy (non-hydrogen) atoms. The first-order chi connectivity index (χ1) is 8.58. The Hall–Kier alpha value is -0.740. The number of nitrogens with zero attached hydrogens (tertiary/aromatic N) is 2. The van der Waals surface area contributed by atoms with Crippen molar-refractivity contribution in [3.8, 4) is 0 Å². The van der Waals surface area contributed by atoms with Crippen LogP contribution in [0.1, 0.15) is 58.9 Å². The van der Waals surface area contributed by atoms with Crippen LogP contribution >= 0.6 is 11.3 Å². The molecule has 100 valence electrons. The largest absolute Gasteiger partial charge is 0.306 e. The number of rotatable bonds is 2. The highest BCUT2D eigenvalue weighted by Gasteiger charge is 2.21. The highest BCUT2D eigenvalue weighted by atomic mass is 32.1. The minimum atomic E-state index is 0.152.